The van der Waals surface area contributed by atoms with Crippen LogP contribution in [-0.4, -0.2) is 37.3 Å². The lowest BCUT2D eigenvalue weighted by Crippen LogP contribution is -2.69. The molecule has 0 bridgehead atoms. The molecule has 2 fully saturated rings. The molecule has 5 heteroatoms. The van der Waals surface area contributed by atoms with Gasteiger partial charge in [0.15, 0.2) is 0 Å². The summed E-state index contributed by atoms with van der Waals surface area (Å²) in [7, 11) is 0. The Labute approximate surface area is 124 Å². The Morgan fingerprint density at radius 3 is 3.19 bits per heavy atom. The number of rotatable bonds is 5. The van der Waals surface area contributed by atoms with E-state index in [-0.39, 0.29) is 24.1 Å². The Balaban J connectivity index is 1.41. The normalized spacial score (nSPS) is 30.4. The molecule has 3 N–H and O–H groups in total. The predicted molar refractivity (Wildman–Crippen MR) is 79.0 cm³/mol. The summed E-state index contributed by atoms with van der Waals surface area (Å²) >= 11 is 0. The topological polar surface area (TPSA) is 73.6 Å². The molecule has 1 aromatic rings. The van der Waals surface area contributed by atoms with Crippen molar-refractivity contribution < 1.29 is 14.3 Å². The SMILES string of the molecule is Cc1cccc(OCCC(=O)NC2C(N)C3CCOC32)c1. The molecule has 4 unspecified atom stereocenters. The molecule has 1 aromatic carbocycles. The van der Waals surface area contributed by atoms with Crippen molar-refractivity contribution in [1.82, 2.24) is 5.32 Å². The van der Waals surface area contributed by atoms with E-state index in [4.69, 9.17) is 15.2 Å². The van der Waals surface area contributed by atoms with E-state index < -0.39 is 0 Å². The van der Waals surface area contributed by atoms with E-state index in [1.54, 1.807) is 0 Å². The molecule has 1 saturated carbocycles. The van der Waals surface area contributed by atoms with Gasteiger partial charge in [0.05, 0.1) is 25.2 Å². The lowest BCUT2D eigenvalue weighted by Gasteiger charge is -2.45. The summed E-state index contributed by atoms with van der Waals surface area (Å²) in [6.07, 6.45) is 1.45. The molecule has 0 aromatic heterocycles. The first kappa shape index (κ1) is 14.4. The molecule has 1 saturated heterocycles. The van der Waals surface area contributed by atoms with Crippen molar-refractivity contribution in [2.45, 2.75) is 38.0 Å². The van der Waals surface area contributed by atoms with Crippen molar-refractivity contribution in [2.24, 2.45) is 11.7 Å². The van der Waals surface area contributed by atoms with Crippen LogP contribution in [0.5, 0.6) is 5.75 Å². The maximum Gasteiger partial charge on any atom is 0.223 e. The molecule has 21 heavy (non-hydrogen) atoms. The van der Waals surface area contributed by atoms with Crippen molar-refractivity contribution >= 4 is 5.91 Å². The highest BCUT2D eigenvalue weighted by Crippen LogP contribution is 2.37. The largest absolute Gasteiger partial charge is 0.493 e. The number of nitrogens with one attached hydrogen (secondary N) is 1. The monoisotopic (exact) mass is 290 g/mol. The lowest BCUT2D eigenvalue weighted by atomic mass is 9.72. The van der Waals surface area contributed by atoms with Gasteiger partial charge in [0.25, 0.3) is 0 Å². The summed E-state index contributed by atoms with van der Waals surface area (Å²) in [4.78, 5) is 11.9. The van der Waals surface area contributed by atoms with Gasteiger partial charge in [-0.15, -0.1) is 0 Å². The van der Waals surface area contributed by atoms with E-state index in [1.165, 1.54) is 0 Å². The summed E-state index contributed by atoms with van der Waals surface area (Å²) in [6, 6.07) is 7.79. The van der Waals surface area contributed by atoms with Crippen LogP contribution in [0.15, 0.2) is 24.3 Å². The van der Waals surface area contributed by atoms with Gasteiger partial charge in [-0.25, -0.2) is 0 Å². The van der Waals surface area contributed by atoms with Gasteiger partial charge in [-0.05, 0) is 31.0 Å². The van der Waals surface area contributed by atoms with Crippen LogP contribution in [0.1, 0.15) is 18.4 Å². The van der Waals surface area contributed by atoms with Crippen LogP contribution in [0, 0.1) is 12.8 Å². The molecule has 4 atom stereocenters. The van der Waals surface area contributed by atoms with Crippen molar-refractivity contribution in [2.75, 3.05) is 13.2 Å². The fourth-order valence-corrected chi connectivity index (χ4v) is 3.15. The summed E-state index contributed by atoms with van der Waals surface area (Å²) in [5, 5.41) is 2.97. The second kappa shape index (κ2) is 6.03. The second-order valence-corrected chi connectivity index (χ2v) is 5.87. The fourth-order valence-electron chi connectivity index (χ4n) is 3.15. The van der Waals surface area contributed by atoms with E-state index in [0.717, 1.165) is 24.3 Å². The van der Waals surface area contributed by atoms with Gasteiger partial charge in [0, 0.05) is 18.6 Å². The highest BCUT2D eigenvalue weighted by molar-refractivity contribution is 5.76. The van der Waals surface area contributed by atoms with E-state index in [0.29, 0.717) is 18.9 Å². The number of benzene rings is 1. The number of amides is 1. The van der Waals surface area contributed by atoms with Crippen LogP contribution in [0.4, 0.5) is 0 Å². The smallest absolute Gasteiger partial charge is 0.223 e. The Bertz CT molecular complexity index is 520. The Kier molecular flexibility index (Phi) is 4.12. The molecule has 1 heterocycles. The van der Waals surface area contributed by atoms with Gasteiger partial charge < -0.3 is 20.5 Å². The zero-order valence-electron chi connectivity index (χ0n) is 12.2. The molecule has 114 valence electrons. The third-order valence-electron chi connectivity index (χ3n) is 4.36. The van der Waals surface area contributed by atoms with E-state index >= 15 is 0 Å². The van der Waals surface area contributed by atoms with Crippen molar-refractivity contribution in [1.29, 1.82) is 0 Å². The van der Waals surface area contributed by atoms with Crippen molar-refractivity contribution in [3.63, 3.8) is 0 Å². The van der Waals surface area contributed by atoms with Crippen LogP contribution >= 0.6 is 0 Å². The molecule has 5 nitrogen and oxygen atoms in total. The zero-order chi connectivity index (χ0) is 14.8. The third kappa shape index (κ3) is 3.04. The maximum atomic E-state index is 11.9. The van der Waals surface area contributed by atoms with E-state index in [2.05, 4.69) is 5.32 Å². The fraction of sp³-hybridized carbons (Fsp3) is 0.562. The van der Waals surface area contributed by atoms with Crippen LogP contribution in [0.3, 0.4) is 0 Å². The van der Waals surface area contributed by atoms with Gasteiger partial charge in [0.2, 0.25) is 5.91 Å². The minimum absolute atomic E-state index is 0.0270. The molecule has 1 amide bonds. The van der Waals surface area contributed by atoms with Crippen molar-refractivity contribution in [3.05, 3.63) is 29.8 Å². The van der Waals surface area contributed by atoms with Crippen LogP contribution in [-0.2, 0) is 9.53 Å². The zero-order valence-corrected chi connectivity index (χ0v) is 12.2. The molecule has 3 rings (SSSR count). The standard InChI is InChI=1S/C16H22N2O3/c1-10-3-2-4-11(9-10)20-8-6-13(19)18-15-14(17)12-5-7-21-16(12)15/h2-4,9,12,14-16H,5-8,17H2,1H3,(H,18,19). The average molecular weight is 290 g/mol. The molecule has 2 aliphatic rings. The van der Waals surface area contributed by atoms with Crippen molar-refractivity contribution in [3.8, 4) is 5.75 Å². The van der Waals surface area contributed by atoms with Crippen LogP contribution < -0.4 is 15.8 Å². The Hall–Kier alpha value is -1.59. The average Bonchev–Trinajstić information content (AvgIpc) is 2.90. The number of hydrogen-bond acceptors (Lipinski definition) is 4. The van der Waals surface area contributed by atoms with Crippen LogP contribution in [0.2, 0.25) is 0 Å². The van der Waals surface area contributed by atoms with Gasteiger partial charge in [-0.2, -0.15) is 0 Å². The molecular formula is C16H22N2O3. The maximum absolute atomic E-state index is 11.9. The predicted octanol–water partition coefficient (Wildman–Crippen LogP) is 0.995. The number of carbonyl (C=O) groups is 1. The number of fused-ring (bicyclic) bond motifs is 1. The highest BCUT2D eigenvalue weighted by atomic mass is 16.5. The van der Waals surface area contributed by atoms with Gasteiger partial charge in [0.1, 0.15) is 5.75 Å². The summed E-state index contributed by atoms with van der Waals surface area (Å²) in [5.41, 5.74) is 7.21. The minimum atomic E-state index is -0.0380. The summed E-state index contributed by atoms with van der Waals surface area (Å²) < 4.78 is 11.2. The summed E-state index contributed by atoms with van der Waals surface area (Å²) in [6.45, 7) is 3.13. The first-order valence-corrected chi connectivity index (χ1v) is 7.51. The molecule has 1 aliphatic carbocycles. The Morgan fingerprint density at radius 2 is 2.38 bits per heavy atom. The lowest BCUT2D eigenvalue weighted by molar-refractivity contribution is -0.126. The third-order valence-corrected chi connectivity index (χ3v) is 4.36. The highest BCUT2D eigenvalue weighted by Gasteiger charge is 2.52. The molecule has 0 spiro atoms. The second-order valence-electron chi connectivity index (χ2n) is 5.87. The first-order chi connectivity index (χ1) is 10.1. The van der Waals surface area contributed by atoms with E-state index in [9.17, 15) is 4.79 Å². The molecule has 0 radical (unpaired) electrons. The first-order valence-electron chi connectivity index (χ1n) is 7.51. The quantitative estimate of drug-likeness (QED) is 0.848. The Morgan fingerprint density at radius 1 is 1.52 bits per heavy atom. The minimum Gasteiger partial charge on any atom is -0.493 e. The summed E-state index contributed by atoms with van der Waals surface area (Å²) in [5.74, 6) is 1.18. The van der Waals surface area contributed by atoms with Gasteiger partial charge in [-0.3, -0.25) is 4.79 Å². The van der Waals surface area contributed by atoms with E-state index in [1.807, 2.05) is 31.2 Å². The number of aryl methyl sites for hydroxylation is 1. The number of carbonyl (C=O) groups excluding carboxylic acids is 1. The van der Waals surface area contributed by atoms with Gasteiger partial charge in [-0.1, -0.05) is 12.1 Å². The number of nitrogens with two attached hydrogens (primary N) is 1. The number of hydrogen-bond donors (Lipinski definition) is 2. The van der Waals surface area contributed by atoms with Crippen LogP contribution in [0.25, 0.3) is 0 Å². The number of ether oxygens (including phenoxy) is 2. The van der Waals surface area contributed by atoms with Gasteiger partial charge >= 0.3 is 0 Å². The molecular weight excluding hydrogens is 268 g/mol. The molecule has 1 aliphatic heterocycles.